The molecule has 1 fully saturated rings. The van der Waals surface area contributed by atoms with Gasteiger partial charge in [0.15, 0.2) is 0 Å². The summed E-state index contributed by atoms with van der Waals surface area (Å²) in [6.07, 6.45) is 0. The fourth-order valence-corrected chi connectivity index (χ4v) is 4.40. The zero-order valence-electron chi connectivity index (χ0n) is 17.1. The molecule has 0 aliphatic carbocycles. The number of benzene rings is 4. The Bertz CT molecular complexity index is 1090. The summed E-state index contributed by atoms with van der Waals surface area (Å²) in [6.45, 7) is 0. The van der Waals surface area contributed by atoms with E-state index in [1.54, 1.807) is 0 Å². The van der Waals surface area contributed by atoms with Crippen molar-refractivity contribution in [3.8, 4) is 0 Å². The molecule has 152 valence electrons. The fourth-order valence-electron chi connectivity index (χ4n) is 4.40. The van der Waals surface area contributed by atoms with Gasteiger partial charge in [0.05, 0.1) is 12.1 Å². The van der Waals surface area contributed by atoms with Crippen molar-refractivity contribution in [2.24, 2.45) is 0 Å². The molecule has 1 aliphatic rings. The van der Waals surface area contributed by atoms with Crippen LogP contribution in [0.25, 0.3) is 0 Å². The number of anilines is 1. The van der Waals surface area contributed by atoms with Gasteiger partial charge < -0.3 is 5.32 Å². The Kier molecular flexibility index (Phi) is 5.34. The third kappa shape index (κ3) is 4.00. The van der Waals surface area contributed by atoms with Crippen LogP contribution in [0.5, 0.6) is 0 Å². The van der Waals surface area contributed by atoms with Crippen molar-refractivity contribution in [3.05, 3.63) is 138 Å². The summed E-state index contributed by atoms with van der Waals surface area (Å²) in [4.78, 5) is 15.7. The number of hydrogen-bond donors (Lipinski definition) is 1. The molecule has 1 amide bonds. The third-order valence-electron chi connectivity index (χ3n) is 5.83. The minimum absolute atomic E-state index is 0.000806. The summed E-state index contributed by atoms with van der Waals surface area (Å²) < 4.78 is 0. The van der Waals surface area contributed by atoms with Gasteiger partial charge >= 0.3 is 0 Å². The summed E-state index contributed by atoms with van der Waals surface area (Å²) >= 11 is 0. The Morgan fingerprint density at radius 2 is 1.10 bits per heavy atom. The lowest BCUT2D eigenvalue weighted by atomic mass is 9.98. The Balaban J connectivity index is 1.54. The maximum absolute atomic E-state index is 13.4. The van der Waals surface area contributed by atoms with Gasteiger partial charge in [0.25, 0.3) is 0 Å². The number of carbonyl (C=O) groups is 1. The quantitative estimate of drug-likeness (QED) is 0.410. The van der Waals surface area contributed by atoms with E-state index in [0.29, 0.717) is 0 Å². The van der Waals surface area contributed by atoms with Gasteiger partial charge in [-0.25, -0.2) is 0 Å². The predicted molar refractivity (Wildman–Crippen MR) is 125 cm³/mol. The molecule has 0 aromatic heterocycles. The molecule has 1 saturated heterocycles. The zero-order valence-corrected chi connectivity index (χ0v) is 17.1. The van der Waals surface area contributed by atoms with E-state index >= 15 is 0 Å². The van der Waals surface area contributed by atoms with Crippen molar-refractivity contribution in [1.29, 1.82) is 0 Å². The van der Waals surface area contributed by atoms with Gasteiger partial charge in [0.2, 0.25) is 5.91 Å². The SMILES string of the molecule is O=C(Nc1ccccc1)[C@H]1[C@H](c2ccccc2)N1C(c1ccccc1)c1ccccc1. The first kappa shape index (κ1) is 19.3. The second-order valence-corrected chi connectivity index (χ2v) is 7.83. The van der Waals surface area contributed by atoms with Gasteiger partial charge in [-0.15, -0.1) is 0 Å². The summed E-state index contributed by atoms with van der Waals surface area (Å²) in [6, 6.07) is 40.6. The van der Waals surface area contributed by atoms with Gasteiger partial charge in [-0.3, -0.25) is 9.69 Å². The summed E-state index contributed by atoms with van der Waals surface area (Å²) in [5.74, 6) is 0.0249. The van der Waals surface area contributed by atoms with Crippen LogP contribution in [0.2, 0.25) is 0 Å². The zero-order chi connectivity index (χ0) is 21.0. The van der Waals surface area contributed by atoms with E-state index in [1.165, 1.54) is 11.1 Å². The Morgan fingerprint density at radius 3 is 1.61 bits per heavy atom. The number of para-hydroxylation sites is 1. The molecule has 1 aliphatic heterocycles. The van der Waals surface area contributed by atoms with Crippen LogP contribution in [0.15, 0.2) is 121 Å². The number of carbonyl (C=O) groups excluding carboxylic acids is 1. The van der Waals surface area contributed by atoms with Crippen molar-refractivity contribution < 1.29 is 4.79 Å². The van der Waals surface area contributed by atoms with E-state index in [4.69, 9.17) is 0 Å². The molecule has 3 nitrogen and oxygen atoms in total. The molecule has 1 heterocycles. The monoisotopic (exact) mass is 404 g/mol. The largest absolute Gasteiger partial charge is 0.325 e. The van der Waals surface area contributed by atoms with Crippen LogP contribution in [0.3, 0.4) is 0 Å². The normalized spacial score (nSPS) is 19.7. The molecule has 0 bridgehead atoms. The molecule has 5 rings (SSSR count). The molecule has 3 heteroatoms. The molecule has 31 heavy (non-hydrogen) atoms. The predicted octanol–water partition coefficient (Wildman–Crippen LogP) is 5.84. The number of hydrogen-bond acceptors (Lipinski definition) is 2. The number of nitrogens with zero attached hydrogens (tertiary/aromatic N) is 1. The highest BCUT2D eigenvalue weighted by molar-refractivity contribution is 5.97. The van der Waals surface area contributed by atoms with Gasteiger partial charge in [-0.1, -0.05) is 109 Å². The van der Waals surface area contributed by atoms with Crippen LogP contribution in [-0.4, -0.2) is 16.8 Å². The number of nitrogens with one attached hydrogen (secondary N) is 1. The highest BCUT2D eigenvalue weighted by atomic mass is 16.2. The summed E-state index contributed by atoms with van der Waals surface area (Å²) in [7, 11) is 0. The lowest BCUT2D eigenvalue weighted by molar-refractivity contribution is -0.116. The summed E-state index contributed by atoms with van der Waals surface area (Å²) in [5, 5.41) is 3.11. The van der Waals surface area contributed by atoms with Crippen molar-refractivity contribution in [2.45, 2.75) is 18.1 Å². The number of amides is 1. The minimum Gasteiger partial charge on any atom is -0.325 e. The average molecular weight is 405 g/mol. The van der Waals surface area contributed by atoms with Crippen LogP contribution in [0.1, 0.15) is 28.8 Å². The molecule has 4 aromatic rings. The standard InChI is InChI=1S/C28H24N2O/c31-28(29-24-19-11-4-12-20-24)27-26(23-17-9-3-10-18-23)30(27)25(21-13-5-1-6-14-21)22-15-7-2-8-16-22/h1-20,25-27H,(H,29,31)/t26-,27+,30?/m0/s1. The van der Waals surface area contributed by atoms with Gasteiger partial charge in [-0.2, -0.15) is 0 Å². The van der Waals surface area contributed by atoms with E-state index in [-0.39, 0.29) is 24.0 Å². The maximum atomic E-state index is 13.4. The molecule has 4 aromatic carbocycles. The molecular weight excluding hydrogens is 380 g/mol. The first-order chi connectivity index (χ1) is 15.3. The topological polar surface area (TPSA) is 32.1 Å². The van der Waals surface area contributed by atoms with Crippen LogP contribution in [0.4, 0.5) is 5.69 Å². The Labute approximate surface area is 183 Å². The first-order valence-corrected chi connectivity index (χ1v) is 10.6. The van der Waals surface area contributed by atoms with Crippen LogP contribution < -0.4 is 5.32 Å². The van der Waals surface area contributed by atoms with Gasteiger partial charge in [0, 0.05) is 5.69 Å². The lowest BCUT2D eigenvalue weighted by Gasteiger charge is -2.21. The van der Waals surface area contributed by atoms with E-state index in [9.17, 15) is 4.79 Å². The lowest BCUT2D eigenvalue weighted by Crippen LogP contribution is -2.24. The van der Waals surface area contributed by atoms with Crippen molar-refractivity contribution in [1.82, 2.24) is 4.90 Å². The van der Waals surface area contributed by atoms with E-state index in [1.807, 2.05) is 60.7 Å². The fraction of sp³-hybridized carbons (Fsp3) is 0.107. The first-order valence-electron chi connectivity index (χ1n) is 10.6. The van der Waals surface area contributed by atoms with Crippen LogP contribution >= 0.6 is 0 Å². The van der Waals surface area contributed by atoms with Crippen molar-refractivity contribution in [2.75, 3.05) is 5.32 Å². The van der Waals surface area contributed by atoms with E-state index in [2.05, 4.69) is 70.9 Å². The second kappa shape index (κ2) is 8.58. The second-order valence-electron chi connectivity index (χ2n) is 7.83. The van der Waals surface area contributed by atoms with E-state index < -0.39 is 0 Å². The Hall–Kier alpha value is -3.69. The maximum Gasteiger partial charge on any atom is 0.243 e. The highest BCUT2D eigenvalue weighted by Gasteiger charge is 2.56. The van der Waals surface area contributed by atoms with Crippen LogP contribution in [0, 0.1) is 0 Å². The smallest absolute Gasteiger partial charge is 0.243 e. The van der Waals surface area contributed by atoms with Crippen molar-refractivity contribution in [3.63, 3.8) is 0 Å². The number of rotatable bonds is 6. The molecule has 1 N–H and O–H groups in total. The highest BCUT2D eigenvalue weighted by Crippen LogP contribution is 2.52. The molecule has 1 unspecified atom stereocenters. The molecule has 3 atom stereocenters. The average Bonchev–Trinajstić information content (AvgIpc) is 3.57. The third-order valence-corrected chi connectivity index (χ3v) is 5.83. The summed E-state index contributed by atoms with van der Waals surface area (Å²) in [5.41, 5.74) is 4.35. The van der Waals surface area contributed by atoms with Gasteiger partial charge in [-0.05, 0) is 28.8 Å². The molecule has 0 radical (unpaired) electrons. The molecule has 0 saturated carbocycles. The van der Waals surface area contributed by atoms with E-state index in [0.717, 1.165) is 11.3 Å². The molecule has 0 spiro atoms. The molecular formula is C28H24N2O. The van der Waals surface area contributed by atoms with Crippen molar-refractivity contribution >= 4 is 11.6 Å². The van der Waals surface area contributed by atoms with Crippen LogP contribution in [-0.2, 0) is 4.79 Å². The van der Waals surface area contributed by atoms with Gasteiger partial charge in [0.1, 0.15) is 6.04 Å². The Morgan fingerprint density at radius 1 is 0.645 bits per heavy atom. The minimum atomic E-state index is -0.243.